The van der Waals surface area contributed by atoms with Gasteiger partial charge in [-0.1, -0.05) is 25.1 Å². The van der Waals surface area contributed by atoms with Gasteiger partial charge in [0.15, 0.2) is 17.3 Å². The van der Waals surface area contributed by atoms with E-state index in [9.17, 15) is 23.5 Å². The minimum Gasteiger partial charge on any atom is -0.413 e. The summed E-state index contributed by atoms with van der Waals surface area (Å²) >= 11 is 0. The molecule has 1 fully saturated rings. The van der Waals surface area contributed by atoms with Crippen LogP contribution in [0.5, 0.6) is 0 Å². The van der Waals surface area contributed by atoms with Crippen molar-refractivity contribution in [1.82, 2.24) is 24.4 Å². The quantitative estimate of drug-likeness (QED) is 0.333. The normalized spacial score (nSPS) is 15.8. The van der Waals surface area contributed by atoms with Crippen molar-refractivity contribution in [2.45, 2.75) is 50.9 Å². The molecular formula is C28H29F2N5O4. The minimum atomic E-state index is -1.64. The first-order valence-corrected chi connectivity index (χ1v) is 12.9. The fourth-order valence-corrected chi connectivity index (χ4v) is 5.27. The lowest BCUT2D eigenvalue weighted by Gasteiger charge is -2.32. The van der Waals surface area contributed by atoms with Crippen LogP contribution in [0.2, 0.25) is 0 Å². The summed E-state index contributed by atoms with van der Waals surface area (Å²) in [5, 5.41) is 10.8. The molecule has 2 unspecified atom stereocenters. The Labute approximate surface area is 223 Å². The Morgan fingerprint density at radius 3 is 2.64 bits per heavy atom. The molecule has 4 aromatic rings. The van der Waals surface area contributed by atoms with Crippen LogP contribution in [-0.2, 0) is 11.2 Å². The third kappa shape index (κ3) is 5.40. The van der Waals surface area contributed by atoms with E-state index in [2.05, 4.69) is 15.0 Å². The molecule has 204 valence electrons. The minimum absolute atomic E-state index is 0.110. The largest absolute Gasteiger partial charge is 0.413 e. The molecule has 1 saturated heterocycles. The molecule has 2 atom stereocenters. The van der Waals surface area contributed by atoms with Gasteiger partial charge in [-0.2, -0.15) is 0 Å². The van der Waals surface area contributed by atoms with E-state index < -0.39 is 24.0 Å². The first kappa shape index (κ1) is 26.5. The van der Waals surface area contributed by atoms with Crippen LogP contribution in [0, 0.1) is 11.6 Å². The summed E-state index contributed by atoms with van der Waals surface area (Å²) in [5.41, 5.74) is 1.94. The smallest absolute Gasteiger partial charge is 0.412 e. The Kier molecular flexibility index (Phi) is 7.69. The van der Waals surface area contributed by atoms with Crippen molar-refractivity contribution in [2.24, 2.45) is 0 Å². The number of ether oxygens (including phenoxy) is 1. The summed E-state index contributed by atoms with van der Waals surface area (Å²) < 4.78 is 35.3. The molecule has 39 heavy (non-hydrogen) atoms. The number of aromatic nitrogens is 4. The SMILES string of the molecule is CCC(Cc1cccnc1C(O)OC(=O)N1CCC(n2c(=O)[nH]c3ncccc32)CC1)c1cccc(F)c1F. The lowest BCUT2D eigenvalue weighted by molar-refractivity contribution is -0.0720. The van der Waals surface area contributed by atoms with Gasteiger partial charge in [-0.05, 0) is 67.0 Å². The molecule has 0 spiro atoms. The van der Waals surface area contributed by atoms with Crippen LogP contribution in [0.3, 0.4) is 0 Å². The summed E-state index contributed by atoms with van der Waals surface area (Å²) in [6, 6.07) is 11.0. The maximum atomic E-state index is 14.5. The van der Waals surface area contributed by atoms with Gasteiger partial charge in [0.25, 0.3) is 0 Å². The number of aliphatic hydroxyl groups is 1. The predicted molar refractivity (Wildman–Crippen MR) is 139 cm³/mol. The number of aromatic amines is 1. The number of halogens is 2. The second kappa shape index (κ2) is 11.3. The van der Waals surface area contributed by atoms with Crippen molar-refractivity contribution in [2.75, 3.05) is 13.1 Å². The number of aliphatic hydroxyl groups excluding tert-OH is 1. The highest BCUT2D eigenvalue weighted by atomic mass is 19.2. The van der Waals surface area contributed by atoms with Crippen LogP contribution < -0.4 is 5.69 Å². The number of carbonyl (C=O) groups is 1. The number of nitrogens with zero attached hydrogens (tertiary/aromatic N) is 4. The molecule has 11 heteroatoms. The number of benzene rings is 1. The van der Waals surface area contributed by atoms with E-state index in [4.69, 9.17) is 4.74 Å². The molecule has 1 aromatic carbocycles. The second-order valence-electron chi connectivity index (χ2n) is 9.63. The van der Waals surface area contributed by atoms with Gasteiger partial charge in [0, 0.05) is 31.5 Å². The van der Waals surface area contributed by atoms with Crippen molar-refractivity contribution in [3.05, 3.63) is 93.8 Å². The van der Waals surface area contributed by atoms with E-state index >= 15 is 0 Å². The van der Waals surface area contributed by atoms with Crippen molar-refractivity contribution >= 4 is 17.3 Å². The average molecular weight is 538 g/mol. The fourth-order valence-electron chi connectivity index (χ4n) is 5.27. The van der Waals surface area contributed by atoms with Gasteiger partial charge < -0.3 is 14.7 Å². The van der Waals surface area contributed by atoms with Crippen LogP contribution in [0.25, 0.3) is 11.2 Å². The molecule has 0 aliphatic carbocycles. The number of amides is 1. The van der Waals surface area contributed by atoms with E-state index in [1.165, 1.54) is 17.2 Å². The second-order valence-corrected chi connectivity index (χ2v) is 9.63. The maximum Gasteiger partial charge on any atom is 0.412 e. The van der Waals surface area contributed by atoms with Gasteiger partial charge in [0.2, 0.25) is 6.29 Å². The zero-order chi connectivity index (χ0) is 27.5. The van der Waals surface area contributed by atoms with Crippen LogP contribution in [0.4, 0.5) is 13.6 Å². The topological polar surface area (TPSA) is 113 Å². The third-order valence-electron chi connectivity index (χ3n) is 7.33. The average Bonchev–Trinajstić information content (AvgIpc) is 3.29. The van der Waals surface area contributed by atoms with E-state index in [-0.39, 0.29) is 35.3 Å². The van der Waals surface area contributed by atoms with Crippen LogP contribution in [0.15, 0.2) is 59.7 Å². The maximum absolute atomic E-state index is 14.5. The highest BCUT2D eigenvalue weighted by Crippen LogP contribution is 2.31. The number of nitrogens with one attached hydrogen (secondary N) is 1. The first-order valence-electron chi connectivity index (χ1n) is 12.9. The van der Waals surface area contributed by atoms with Gasteiger partial charge >= 0.3 is 11.8 Å². The molecule has 1 aliphatic heterocycles. The molecule has 3 aromatic heterocycles. The monoisotopic (exact) mass is 537 g/mol. The first-order chi connectivity index (χ1) is 18.9. The van der Waals surface area contributed by atoms with Crippen molar-refractivity contribution in [1.29, 1.82) is 0 Å². The highest BCUT2D eigenvalue weighted by molar-refractivity contribution is 5.70. The number of H-pyrrole nitrogens is 1. The lowest BCUT2D eigenvalue weighted by atomic mass is 9.89. The Hall–Kier alpha value is -4.12. The molecule has 0 bridgehead atoms. The molecule has 1 amide bonds. The molecule has 0 radical (unpaired) electrons. The number of likely N-dealkylation sites (tertiary alicyclic amines) is 1. The Balaban J connectivity index is 1.24. The molecule has 4 heterocycles. The Morgan fingerprint density at radius 2 is 1.87 bits per heavy atom. The number of pyridine rings is 2. The molecule has 2 N–H and O–H groups in total. The third-order valence-corrected chi connectivity index (χ3v) is 7.33. The van der Waals surface area contributed by atoms with Crippen LogP contribution in [-0.4, -0.2) is 48.7 Å². The molecule has 5 rings (SSSR count). The van der Waals surface area contributed by atoms with Gasteiger partial charge in [0.05, 0.1) is 5.52 Å². The standard InChI is InChI=1S/C28H29F2N5O4/c1-2-17(20-7-3-8-21(29)23(20)30)16-18-6-4-12-31-24(18)26(36)39-28(38)34-14-10-19(11-15-34)35-22-9-5-13-32-25(22)33-27(35)37/h3-9,12-13,17,19,26,36H,2,10-11,14-16H2,1H3,(H,32,33,37). The Bertz CT molecular complexity index is 1530. The van der Waals surface area contributed by atoms with E-state index in [0.717, 1.165) is 6.07 Å². The number of fused-ring (bicyclic) bond motifs is 1. The molecule has 1 aliphatic rings. The lowest BCUT2D eigenvalue weighted by Crippen LogP contribution is -2.41. The highest BCUT2D eigenvalue weighted by Gasteiger charge is 2.29. The summed E-state index contributed by atoms with van der Waals surface area (Å²) in [7, 11) is 0. The van der Waals surface area contributed by atoms with Crippen LogP contribution in [0.1, 0.15) is 61.3 Å². The zero-order valence-corrected chi connectivity index (χ0v) is 21.4. The van der Waals surface area contributed by atoms with Crippen molar-refractivity contribution < 1.29 is 23.4 Å². The molecule has 9 nitrogen and oxygen atoms in total. The number of hydrogen-bond donors (Lipinski definition) is 2. The molecular weight excluding hydrogens is 508 g/mol. The zero-order valence-electron chi connectivity index (χ0n) is 21.4. The van der Waals surface area contributed by atoms with Gasteiger partial charge in [0.1, 0.15) is 5.69 Å². The number of hydrogen-bond acceptors (Lipinski definition) is 6. The molecule has 0 saturated carbocycles. The predicted octanol–water partition coefficient (Wildman–Crippen LogP) is 4.60. The van der Waals surface area contributed by atoms with Crippen LogP contribution >= 0.6 is 0 Å². The van der Waals surface area contributed by atoms with Gasteiger partial charge in [-0.15, -0.1) is 0 Å². The Morgan fingerprint density at radius 1 is 1.13 bits per heavy atom. The summed E-state index contributed by atoms with van der Waals surface area (Å²) in [5.74, 6) is -2.17. The number of rotatable bonds is 7. The fraction of sp³-hybridized carbons (Fsp3) is 0.357. The number of piperidine rings is 1. The van der Waals surface area contributed by atoms with Gasteiger partial charge in [-0.3, -0.25) is 14.5 Å². The van der Waals surface area contributed by atoms with Crippen molar-refractivity contribution in [3.63, 3.8) is 0 Å². The van der Waals surface area contributed by atoms with E-state index in [0.29, 0.717) is 49.1 Å². The van der Waals surface area contributed by atoms with E-state index in [1.807, 2.05) is 13.0 Å². The summed E-state index contributed by atoms with van der Waals surface area (Å²) in [6.45, 7) is 2.54. The van der Waals surface area contributed by atoms with E-state index in [1.54, 1.807) is 35.0 Å². The van der Waals surface area contributed by atoms with Crippen molar-refractivity contribution in [3.8, 4) is 0 Å². The number of carbonyl (C=O) groups excluding carboxylic acids is 1. The summed E-state index contributed by atoms with van der Waals surface area (Å²) in [4.78, 5) is 38.0. The van der Waals surface area contributed by atoms with Gasteiger partial charge in [-0.25, -0.2) is 23.4 Å². The summed E-state index contributed by atoms with van der Waals surface area (Å²) in [6.07, 6.45) is 2.60. The number of imidazole rings is 1.